The Morgan fingerprint density at radius 1 is 0.850 bits per heavy atom. The van der Waals surface area contributed by atoms with Crippen molar-refractivity contribution in [1.82, 2.24) is 4.57 Å². The van der Waals surface area contributed by atoms with Crippen molar-refractivity contribution >= 4 is 24.4 Å². The van der Waals surface area contributed by atoms with Gasteiger partial charge in [-0.15, -0.1) is 0 Å². The van der Waals surface area contributed by atoms with Crippen LogP contribution < -0.4 is 0 Å². The van der Waals surface area contributed by atoms with Crippen LogP contribution in [-0.2, 0) is 0 Å². The molecule has 3 atom stereocenters. The molecule has 4 heteroatoms. The maximum Gasteiger partial charge on any atom is 0.131 e. The molecule has 0 bridgehead atoms. The maximum absolute atomic E-state index is 2.75. The fourth-order valence-corrected chi connectivity index (χ4v) is 17.1. The van der Waals surface area contributed by atoms with Crippen molar-refractivity contribution in [2.45, 2.75) is 87.3 Å². The summed E-state index contributed by atoms with van der Waals surface area (Å²) in [7, 11) is 1.75. The van der Waals surface area contributed by atoms with Crippen molar-refractivity contribution in [3.63, 3.8) is 0 Å². The lowest BCUT2D eigenvalue weighted by molar-refractivity contribution is 0.527. The van der Waals surface area contributed by atoms with Gasteiger partial charge in [-0.2, -0.15) is 0 Å². The molecule has 0 aromatic carbocycles. The van der Waals surface area contributed by atoms with Crippen LogP contribution in [0.5, 0.6) is 0 Å². The second-order valence-electron chi connectivity index (χ2n) is 9.96. The normalized spacial score (nSPS) is 34.4. The van der Waals surface area contributed by atoms with Gasteiger partial charge in [-0.05, 0) is 42.8 Å². The van der Waals surface area contributed by atoms with Crippen molar-refractivity contribution in [1.29, 1.82) is 0 Å². The van der Waals surface area contributed by atoms with Crippen LogP contribution in [0, 0.1) is 0 Å². The smallest absolute Gasteiger partial charge is 0.131 e. The number of hydrogen-bond donors (Lipinski definition) is 0. The lowest BCUT2D eigenvalue weighted by Crippen LogP contribution is -2.59. The van der Waals surface area contributed by atoms with E-state index in [2.05, 4.69) is 57.9 Å². The molecular weight excluding hydrogens is 290 g/mol. The Morgan fingerprint density at radius 2 is 1.40 bits per heavy atom. The highest BCUT2D eigenvalue weighted by Crippen LogP contribution is 2.63. The molecule has 1 saturated heterocycles. The monoisotopic (exact) mass is 327 g/mol. The zero-order valence-corrected chi connectivity index (χ0v) is 18.2. The molecule has 0 N–H and O–H groups in total. The number of nitrogens with zero attached hydrogens (tertiary/aromatic N) is 1. The van der Waals surface area contributed by atoms with Crippen LogP contribution in [0.25, 0.3) is 0 Å². The Labute approximate surface area is 130 Å². The molecule has 2 fully saturated rings. The van der Waals surface area contributed by atoms with Crippen molar-refractivity contribution in [2.24, 2.45) is 0 Å². The van der Waals surface area contributed by atoms with Crippen molar-refractivity contribution in [3.8, 4) is 0 Å². The molecule has 0 amide bonds. The summed E-state index contributed by atoms with van der Waals surface area (Å²) in [5, 5.41) is 0. The zero-order valence-electron chi connectivity index (χ0n) is 15.2. The van der Waals surface area contributed by atoms with Gasteiger partial charge in [0.2, 0.25) is 0 Å². The molecule has 118 valence electrons. The number of rotatable bonds is 4. The third-order valence-electron chi connectivity index (χ3n) is 6.70. The van der Waals surface area contributed by atoms with Crippen molar-refractivity contribution in [3.05, 3.63) is 0 Å². The van der Waals surface area contributed by atoms with Crippen LogP contribution in [-0.4, -0.2) is 43.0 Å². The average molecular weight is 328 g/mol. The third-order valence-corrected chi connectivity index (χ3v) is 19.1. The number of hydrogen-bond acceptors (Lipinski definition) is 1. The fraction of sp³-hybridized carbons (Fsp3) is 1.00. The fourth-order valence-electron chi connectivity index (χ4n) is 4.98. The standard InChI is InChI=1S/C16H37NSi3/c1-17(2)20(10-9-11-20)16-13-14(18(3,4)5)12-15(16)19(6,7)8/h14-16H,9-13H2,1-8H3. The van der Waals surface area contributed by atoms with E-state index in [0.717, 1.165) is 16.6 Å². The molecule has 20 heavy (non-hydrogen) atoms. The van der Waals surface area contributed by atoms with E-state index in [1.807, 2.05) is 0 Å². The van der Waals surface area contributed by atoms with Gasteiger partial charge in [-0.1, -0.05) is 58.5 Å². The van der Waals surface area contributed by atoms with Crippen LogP contribution in [0.15, 0.2) is 0 Å². The van der Waals surface area contributed by atoms with Crippen molar-refractivity contribution in [2.75, 3.05) is 14.1 Å². The summed E-state index contributed by atoms with van der Waals surface area (Å²) in [6, 6.07) is 3.20. The molecule has 2 aliphatic rings. The van der Waals surface area contributed by atoms with Crippen LogP contribution in [0.3, 0.4) is 0 Å². The highest BCUT2D eigenvalue weighted by Gasteiger charge is 2.57. The molecule has 1 aliphatic carbocycles. The quantitative estimate of drug-likeness (QED) is 0.618. The van der Waals surface area contributed by atoms with Crippen LogP contribution in [0.4, 0.5) is 0 Å². The summed E-state index contributed by atoms with van der Waals surface area (Å²) in [5.74, 6) is 0. The Morgan fingerprint density at radius 3 is 1.70 bits per heavy atom. The second kappa shape index (κ2) is 5.36. The Hall–Kier alpha value is 0.611. The summed E-state index contributed by atoms with van der Waals surface area (Å²) in [4.78, 5) is 0. The van der Waals surface area contributed by atoms with E-state index >= 15 is 0 Å². The molecule has 0 aromatic rings. The molecule has 0 spiro atoms. The minimum Gasteiger partial charge on any atom is -0.329 e. The second-order valence-corrected chi connectivity index (χ2v) is 25.8. The van der Waals surface area contributed by atoms with E-state index in [4.69, 9.17) is 0 Å². The summed E-state index contributed by atoms with van der Waals surface area (Å²) < 4.78 is 2.75. The Kier molecular flexibility index (Phi) is 4.55. The summed E-state index contributed by atoms with van der Waals surface area (Å²) in [5.41, 5.74) is 3.36. The maximum atomic E-state index is 2.75. The van der Waals surface area contributed by atoms with E-state index in [1.165, 1.54) is 6.42 Å². The van der Waals surface area contributed by atoms with Gasteiger partial charge in [-0.3, -0.25) is 0 Å². The molecule has 1 saturated carbocycles. The SMILES string of the molecule is CN(C)[Si]1(C2CC([Si](C)(C)C)CC2[Si](C)(C)C)CCC1. The van der Waals surface area contributed by atoms with Gasteiger partial charge >= 0.3 is 0 Å². The Balaban J connectivity index is 2.29. The average Bonchev–Trinajstić information content (AvgIpc) is 2.58. The predicted molar refractivity (Wildman–Crippen MR) is 101 cm³/mol. The Bertz CT molecular complexity index is 350. The molecule has 0 aromatic heterocycles. The molecular formula is C16H37NSi3. The molecule has 1 aliphatic heterocycles. The topological polar surface area (TPSA) is 3.24 Å². The highest BCUT2D eigenvalue weighted by molar-refractivity contribution is 6.86. The largest absolute Gasteiger partial charge is 0.329 e. The van der Waals surface area contributed by atoms with Gasteiger partial charge in [0.05, 0.1) is 0 Å². The minimum absolute atomic E-state index is 0.963. The minimum atomic E-state index is -1.09. The lowest BCUT2D eigenvalue weighted by Gasteiger charge is -2.53. The molecule has 1 heterocycles. The summed E-state index contributed by atoms with van der Waals surface area (Å²) in [6.45, 7) is 15.8. The van der Waals surface area contributed by atoms with E-state index in [0.29, 0.717) is 0 Å². The van der Waals surface area contributed by atoms with Gasteiger partial charge in [-0.25, -0.2) is 0 Å². The van der Waals surface area contributed by atoms with Crippen LogP contribution >= 0.6 is 0 Å². The predicted octanol–water partition coefficient (Wildman–Crippen LogP) is 5.48. The molecule has 0 radical (unpaired) electrons. The van der Waals surface area contributed by atoms with Crippen molar-refractivity contribution < 1.29 is 0 Å². The van der Waals surface area contributed by atoms with E-state index in [1.54, 1.807) is 24.9 Å². The van der Waals surface area contributed by atoms with Crippen LogP contribution in [0.2, 0.25) is 68.0 Å². The van der Waals surface area contributed by atoms with Gasteiger partial charge < -0.3 is 4.57 Å². The zero-order chi connectivity index (χ0) is 15.3. The first-order chi connectivity index (χ1) is 8.98. The van der Waals surface area contributed by atoms with Crippen LogP contribution in [0.1, 0.15) is 19.3 Å². The first-order valence-corrected chi connectivity index (χ1v) is 18.3. The molecule has 2 rings (SSSR count). The van der Waals surface area contributed by atoms with Gasteiger partial charge in [0.25, 0.3) is 0 Å². The van der Waals surface area contributed by atoms with E-state index < -0.39 is 24.4 Å². The summed E-state index contributed by atoms with van der Waals surface area (Å²) >= 11 is 0. The van der Waals surface area contributed by atoms with Gasteiger partial charge in [0, 0.05) is 16.1 Å². The molecule has 3 unspecified atom stereocenters. The third kappa shape index (κ3) is 2.90. The lowest BCUT2D eigenvalue weighted by atomic mass is 10.3. The highest BCUT2D eigenvalue weighted by atomic mass is 28.3. The van der Waals surface area contributed by atoms with E-state index in [9.17, 15) is 0 Å². The first kappa shape index (κ1) is 17.0. The van der Waals surface area contributed by atoms with E-state index in [-0.39, 0.29) is 0 Å². The summed E-state index contributed by atoms with van der Waals surface area (Å²) in [6.07, 6.45) is 4.73. The first-order valence-electron chi connectivity index (χ1n) is 8.66. The van der Waals surface area contributed by atoms with Gasteiger partial charge in [0.15, 0.2) is 0 Å². The van der Waals surface area contributed by atoms with Gasteiger partial charge in [0.1, 0.15) is 8.24 Å². The molecule has 1 nitrogen and oxygen atoms in total.